The molecule has 7 atom stereocenters. The lowest BCUT2D eigenvalue weighted by Gasteiger charge is -2.34. The van der Waals surface area contributed by atoms with Gasteiger partial charge in [0, 0.05) is 18.3 Å². The molecule has 1 fully saturated rings. The van der Waals surface area contributed by atoms with E-state index in [0.29, 0.717) is 12.0 Å². The Balaban J connectivity index is 2.00. The minimum atomic E-state index is -1.38. The number of phenols is 1. The Bertz CT molecular complexity index is 1180. The molecule has 3 rings (SSSR count). The van der Waals surface area contributed by atoms with Gasteiger partial charge in [0.25, 0.3) is 11.8 Å². The average molecular weight is 541 g/mol. The number of amides is 3. The summed E-state index contributed by atoms with van der Waals surface area (Å²) in [6.07, 6.45) is 1.27. The van der Waals surface area contributed by atoms with Crippen molar-refractivity contribution in [2.45, 2.75) is 70.9 Å². The van der Waals surface area contributed by atoms with Gasteiger partial charge >= 0.3 is 5.97 Å². The van der Waals surface area contributed by atoms with E-state index in [-0.39, 0.29) is 23.7 Å². The van der Waals surface area contributed by atoms with E-state index in [2.05, 4.69) is 20.9 Å². The Morgan fingerprint density at radius 3 is 2.46 bits per heavy atom. The number of hydrogen-bond donors (Lipinski definition) is 5. The molecule has 0 spiro atoms. The topological polar surface area (TPSA) is 167 Å². The van der Waals surface area contributed by atoms with Gasteiger partial charge in [0.2, 0.25) is 5.91 Å². The van der Waals surface area contributed by atoms with Crippen molar-refractivity contribution in [3.8, 4) is 5.75 Å². The van der Waals surface area contributed by atoms with Gasteiger partial charge in [-0.15, -0.1) is 0 Å². The number of esters is 1. The Labute approximate surface area is 227 Å². The number of phenolic OH excluding ortho intramolecular Hbond substituents is 1. The minimum absolute atomic E-state index is 0.0538. The van der Waals surface area contributed by atoms with Crippen molar-refractivity contribution in [1.82, 2.24) is 20.9 Å². The summed E-state index contributed by atoms with van der Waals surface area (Å²) in [7, 11) is 0. The van der Waals surface area contributed by atoms with Gasteiger partial charge in [0.05, 0.1) is 29.7 Å². The zero-order valence-corrected chi connectivity index (χ0v) is 22.5. The van der Waals surface area contributed by atoms with Crippen LogP contribution in [-0.2, 0) is 25.5 Å². The van der Waals surface area contributed by atoms with Gasteiger partial charge in [-0.1, -0.05) is 32.0 Å². The standard InChI is InChI=1S/C28H36N4O7/c1-5-15(2)24-27(37)30-17(4)22(32-25(35)19-10-6-7-11-21(19)33)26(36)31-20(13-18-9-8-12-29-14-18)23(34)16(3)28(38)39-24/h6-12,14-17,20,22-24,33-34H,5,13H2,1-4H3,(H,30,37)(H,31,36)(H,32,35)/t15?,16-,17-,20+,22+,23+,24?/m1/s1. The van der Waals surface area contributed by atoms with Gasteiger partial charge in [-0.3, -0.25) is 24.2 Å². The summed E-state index contributed by atoms with van der Waals surface area (Å²) in [6.45, 7) is 6.59. The third-order valence-corrected chi connectivity index (χ3v) is 7.05. The molecule has 39 heavy (non-hydrogen) atoms. The van der Waals surface area contributed by atoms with Crippen LogP contribution in [0, 0.1) is 11.8 Å². The SMILES string of the molecule is CCC(C)C1OC(=O)[C@H](C)[C@H](O)[C@H](Cc2cccnc2)NC(=O)[C@@H](NC(=O)c2ccccc2O)[C@@H](C)NC1=O. The third-order valence-electron chi connectivity index (χ3n) is 7.05. The number of cyclic esters (lactones) is 1. The van der Waals surface area contributed by atoms with E-state index >= 15 is 0 Å². The third kappa shape index (κ3) is 7.32. The number of aliphatic hydroxyl groups excluding tert-OH is 1. The fraction of sp³-hybridized carbons (Fsp3) is 0.464. The van der Waals surface area contributed by atoms with E-state index in [0.717, 1.165) is 0 Å². The largest absolute Gasteiger partial charge is 0.507 e. The van der Waals surface area contributed by atoms with Crippen LogP contribution < -0.4 is 16.0 Å². The number of aromatic hydroxyl groups is 1. The molecule has 11 nitrogen and oxygen atoms in total. The number of aromatic nitrogens is 1. The Kier molecular flexibility index (Phi) is 10.00. The summed E-state index contributed by atoms with van der Waals surface area (Å²) >= 11 is 0. The first-order valence-corrected chi connectivity index (χ1v) is 13.0. The van der Waals surface area contributed by atoms with E-state index in [1.54, 1.807) is 43.6 Å². The van der Waals surface area contributed by atoms with Crippen LogP contribution in [0.1, 0.15) is 50.0 Å². The number of carbonyl (C=O) groups is 4. The fourth-order valence-electron chi connectivity index (χ4n) is 4.36. The molecule has 3 amide bonds. The van der Waals surface area contributed by atoms with Crippen LogP contribution in [0.15, 0.2) is 48.8 Å². The molecule has 5 N–H and O–H groups in total. The molecule has 11 heteroatoms. The second kappa shape index (κ2) is 13.2. The minimum Gasteiger partial charge on any atom is -0.507 e. The van der Waals surface area contributed by atoms with Crippen LogP contribution in [0.2, 0.25) is 0 Å². The molecular formula is C28H36N4O7. The summed E-state index contributed by atoms with van der Waals surface area (Å²) < 4.78 is 5.59. The number of nitrogens with zero attached hydrogens (tertiary/aromatic N) is 1. The van der Waals surface area contributed by atoms with Crippen LogP contribution in [0.3, 0.4) is 0 Å². The van der Waals surface area contributed by atoms with Crippen LogP contribution in [-0.4, -0.2) is 69.2 Å². The highest BCUT2D eigenvalue weighted by Gasteiger charge is 2.40. The second-order valence-corrected chi connectivity index (χ2v) is 9.97. The van der Waals surface area contributed by atoms with Crippen molar-refractivity contribution in [2.24, 2.45) is 11.8 Å². The highest BCUT2D eigenvalue weighted by molar-refractivity contribution is 6.00. The number of ether oxygens (including phenoxy) is 1. The van der Waals surface area contributed by atoms with Crippen molar-refractivity contribution in [3.63, 3.8) is 0 Å². The highest BCUT2D eigenvalue weighted by atomic mass is 16.5. The molecule has 0 aliphatic carbocycles. The normalized spacial score (nSPS) is 27.2. The van der Waals surface area contributed by atoms with Crippen molar-refractivity contribution >= 4 is 23.7 Å². The molecule has 2 unspecified atom stereocenters. The quantitative estimate of drug-likeness (QED) is 0.340. The van der Waals surface area contributed by atoms with Gasteiger partial charge in [-0.25, -0.2) is 0 Å². The first-order chi connectivity index (χ1) is 18.5. The van der Waals surface area contributed by atoms with Crippen molar-refractivity contribution < 1.29 is 34.1 Å². The Morgan fingerprint density at radius 2 is 1.82 bits per heavy atom. The van der Waals surface area contributed by atoms with E-state index in [4.69, 9.17) is 4.74 Å². The monoisotopic (exact) mass is 540 g/mol. The van der Waals surface area contributed by atoms with Crippen LogP contribution in [0.5, 0.6) is 5.75 Å². The summed E-state index contributed by atoms with van der Waals surface area (Å²) in [5, 5.41) is 29.4. The van der Waals surface area contributed by atoms with Gasteiger partial charge in [-0.05, 0) is 50.5 Å². The Morgan fingerprint density at radius 1 is 1.10 bits per heavy atom. The molecule has 0 bridgehead atoms. The summed E-state index contributed by atoms with van der Waals surface area (Å²) in [5.74, 6) is -4.55. The lowest BCUT2D eigenvalue weighted by atomic mass is 9.92. The molecule has 1 saturated heterocycles. The molecule has 210 valence electrons. The number of carbonyl (C=O) groups excluding carboxylic acids is 4. The van der Waals surface area contributed by atoms with Crippen molar-refractivity contribution in [2.75, 3.05) is 0 Å². The number of para-hydroxylation sites is 1. The summed E-state index contributed by atoms with van der Waals surface area (Å²) in [5.41, 5.74) is 0.644. The molecule has 0 radical (unpaired) electrons. The van der Waals surface area contributed by atoms with Gasteiger partial charge in [0.1, 0.15) is 11.8 Å². The van der Waals surface area contributed by atoms with Gasteiger partial charge < -0.3 is 30.9 Å². The summed E-state index contributed by atoms with van der Waals surface area (Å²) in [6, 6.07) is 6.12. The van der Waals surface area contributed by atoms with Crippen LogP contribution in [0.4, 0.5) is 0 Å². The predicted molar refractivity (Wildman–Crippen MR) is 141 cm³/mol. The highest BCUT2D eigenvalue weighted by Crippen LogP contribution is 2.20. The predicted octanol–water partition coefficient (Wildman–Crippen LogP) is 1.09. The first-order valence-electron chi connectivity index (χ1n) is 13.0. The molecule has 2 aromatic rings. The maximum absolute atomic E-state index is 13.6. The zero-order valence-electron chi connectivity index (χ0n) is 22.5. The molecule has 1 aliphatic heterocycles. The van der Waals surface area contributed by atoms with E-state index in [9.17, 15) is 29.4 Å². The van der Waals surface area contributed by atoms with Crippen molar-refractivity contribution in [1.29, 1.82) is 0 Å². The lowest BCUT2D eigenvalue weighted by Crippen LogP contribution is -2.62. The Hall–Kier alpha value is -3.99. The molecule has 1 aromatic carbocycles. The first kappa shape index (κ1) is 29.6. The number of benzene rings is 1. The fourth-order valence-corrected chi connectivity index (χ4v) is 4.36. The lowest BCUT2D eigenvalue weighted by molar-refractivity contribution is -0.167. The van der Waals surface area contributed by atoms with Crippen molar-refractivity contribution in [3.05, 3.63) is 59.9 Å². The maximum Gasteiger partial charge on any atom is 0.312 e. The number of pyridine rings is 1. The molecule has 0 saturated carbocycles. The van der Waals surface area contributed by atoms with E-state index in [1.807, 2.05) is 6.92 Å². The molecule has 2 heterocycles. The van der Waals surface area contributed by atoms with E-state index < -0.39 is 59.9 Å². The molecule has 1 aromatic heterocycles. The second-order valence-electron chi connectivity index (χ2n) is 9.97. The van der Waals surface area contributed by atoms with Gasteiger partial charge in [0.15, 0.2) is 6.10 Å². The zero-order chi connectivity index (χ0) is 28.7. The van der Waals surface area contributed by atoms with Gasteiger partial charge in [-0.2, -0.15) is 0 Å². The maximum atomic E-state index is 13.6. The number of nitrogens with one attached hydrogen (secondary N) is 3. The smallest absolute Gasteiger partial charge is 0.312 e. The van der Waals surface area contributed by atoms with Crippen LogP contribution >= 0.6 is 0 Å². The molecule has 1 aliphatic rings. The van der Waals surface area contributed by atoms with Crippen LogP contribution in [0.25, 0.3) is 0 Å². The number of aliphatic hydroxyl groups is 1. The van der Waals surface area contributed by atoms with E-state index in [1.165, 1.54) is 26.0 Å². The number of rotatable bonds is 6. The number of hydrogen-bond acceptors (Lipinski definition) is 8. The summed E-state index contributed by atoms with van der Waals surface area (Å²) in [4.78, 5) is 56.9. The average Bonchev–Trinajstić information content (AvgIpc) is 2.92. The molecular weight excluding hydrogens is 504 g/mol.